The smallest absolute Gasteiger partial charge is 0.231 e. The van der Waals surface area contributed by atoms with Gasteiger partial charge in [-0.25, -0.2) is 0 Å². The van der Waals surface area contributed by atoms with Crippen LogP contribution >= 0.6 is 0 Å². The number of Topliss-reactive ketones (excluding diaryl/α,β-unsaturated/α-hetero) is 1. The molecular formula is C17H17NO4. The van der Waals surface area contributed by atoms with Crippen LogP contribution in [0, 0.1) is 0 Å². The number of allylic oxidation sites excluding steroid dienone is 1. The second kappa shape index (κ2) is 4.04. The van der Waals surface area contributed by atoms with E-state index in [-0.39, 0.29) is 23.9 Å². The number of ether oxygens (including phenoxy) is 2. The van der Waals surface area contributed by atoms with E-state index in [4.69, 9.17) is 9.47 Å². The number of fused-ring (bicyclic) bond motifs is 3. The van der Waals surface area contributed by atoms with Crippen molar-refractivity contribution in [2.24, 2.45) is 0 Å². The number of nitrogens with zero attached hydrogens (tertiary/aromatic N) is 1. The number of aliphatic hydroxyl groups excluding tert-OH is 1. The molecule has 5 heteroatoms. The summed E-state index contributed by atoms with van der Waals surface area (Å²) in [6.45, 7) is 2.14. The maximum atomic E-state index is 12.2. The molecule has 5 nitrogen and oxygen atoms in total. The summed E-state index contributed by atoms with van der Waals surface area (Å²) in [4.78, 5) is 14.6. The third kappa shape index (κ3) is 1.40. The maximum absolute atomic E-state index is 12.2. The van der Waals surface area contributed by atoms with E-state index < -0.39 is 0 Å². The summed E-state index contributed by atoms with van der Waals surface area (Å²) in [5.74, 6) is 1.29. The van der Waals surface area contributed by atoms with Gasteiger partial charge in [0.05, 0.1) is 5.54 Å². The van der Waals surface area contributed by atoms with Crippen LogP contribution in [0.25, 0.3) is 5.57 Å². The molecule has 0 radical (unpaired) electrons. The van der Waals surface area contributed by atoms with E-state index in [0.29, 0.717) is 12.2 Å². The minimum atomic E-state index is -0.305. The fourth-order valence-corrected chi connectivity index (χ4v) is 4.60. The standard InChI is InChI=1S/C17H17NO4/c19-12-8-17-3-1-4-18(17)5-2-10-6-13-14(22-9-21-13)7-11(10)15(17)16(12)20/h6-7,20H,1-5,8-9H2/t17-/m1/s1. The normalized spacial score (nSPS) is 29.4. The second-order valence-corrected chi connectivity index (χ2v) is 6.56. The number of carbonyl (C=O) groups excluding carboxylic acids is 1. The Morgan fingerprint density at radius 3 is 2.86 bits per heavy atom. The van der Waals surface area contributed by atoms with E-state index >= 15 is 0 Å². The Labute approximate surface area is 128 Å². The topological polar surface area (TPSA) is 59.0 Å². The first-order valence-electron chi connectivity index (χ1n) is 7.84. The molecule has 22 heavy (non-hydrogen) atoms. The van der Waals surface area contributed by atoms with Crippen LogP contribution in [0.4, 0.5) is 0 Å². The summed E-state index contributed by atoms with van der Waals surface area (Å²) in [5, 5.41) is 10.5. The fourth-order valence-electron chi connectivity index (χ4n) is 4.60. The monoisotopic (exact) mass is 299 g/mol. The molecule has 0 saturated carbocycles. The molecule has 3 heterocycles. The number of aliphatic hydroxyl groups is 1. The van der Waals surface area contributed by atoms with Crippen molar-refractivity contribution >= 4 is 11.4 Å². The number of carbonyl (C=O) groups is 1. The molecule has 0 aromatic heterocycles. The number of benzene rings is 1. The van der Waals surface area contributed by atoms with E-state index in [1.807, 2.05) is 12.1 Å². The first kappa shape index (κ1) is 12.5. The predicted molar refractivity (Wildman–Crippen MR) is 79.0 cm³/mol. The Balaban J connectivity index is 1.79. The van der Waals surface area contributed by atoms with E-state index in [1.165, 1.54) is 0 Å². The average Bonchev–Trinajstić information content (AvgIpc) is 3.15. The maximum Gasteiger partial charge on any atom is 0.231 e. The van der Waals surface area contributed by atoms with Gasteiger partial charge in [0, 0.05) is 18.5 Å². The van der Waals surface area contributed by atoms with Crippen molar-refractivity contribution in [3.05, 3.63) is 29.0 Å². The van der Waals surface area contributed by atoms with Crippen LogP contribution in [0.15, 0.2) is 17.9 Å². The Bertz CT molecular complexity index is 738. The van der Waals surface area contributed by atoms with E-state index in [0.717, 1.165) is 54.8 Å². The molecule has 0 bridgehead atoms. The van der Waals surface area contributed by atoms with Gasteiger partial charge in [-0.15, -0.1) is 0 Å². The highest BCUT2D eigenvalue weighted by molar-refractivity contribution is 6.09. The molecule has 4 aliphatic rings. The summed E-state index contributed by atoms with van der Waals surface area (Å²) in [6, 6.07) is 3.96. The van der Waals surface area contributed by atoms with E-state index in [9.17, 15) is 9.90 Å². The van der Waals surface area contributed by atoms with Crippen molar-refractivity contribution in [1.29, 1.82) is 0 Å². The molecule has 0 unspecified atom stereocenters. The molecule has 114 valence electrons. The van der Waals surface area contributed by atoms with Gasteiger partial charge >= 0.3 is 0 Å². The lowest BCUT2D eigenvalue weighted by atomic mass is 9.83. The largest absolute Gasteiger partial charge is 0.504 e. The van der Waals surface area contributed by atoms with Crippen molar-refractivity contribution in [1.82, 2.24) is 4.90 Å². The van der Waals surface area contributed by atoms with Gasteiger partial charge in [-0.05, 0) is 49.1 Å². The molecule has 1 aliphatic carbocycles. The lowest BCUT2D eigenvalue weighted by Crippen LogP contribution is -2.43. The van der Waals surface area contributed by atoms with Crippen LogP contribution in [-0.4, -0.2) is 41.2 Å². The number of rotatable bonds is 0. The van der Waals surface area contributed by atoms with Crippen LogP contribution < -0.4 is 9.47 Å². The van der Waals surface area contributed by atoms with Crippen LogP contribution in [0.1, 0.15) is 30.4 Å². The third-order valence-corrected chi connectivity index (χ3v) is 5.56. The second-order valence-electron chi connectivity index (χ2n) is 6.56. The molecule has 0 amide bonds. The van der Waals surface area contributed by atoms with Crippen LogP contribution in [0.2, 0.25) is 0 Å². The third-order valence-electron chi connectivity index (χ3n) is 5.56. The first-order chi connectivity index (χ1) is 10.7. The predicted octanol–water partition coefficient (Wildman–Crippen LogP) is 2.05. The van der Waals surface area contributed by atoms with Gasteiger partial charge in [0.1, 0.15) is 0 Å². The van der Waals surface area contributed by atoms with E-state index in [1.54, 1.807) is 0 Å². The molecule has 5 rings (SSSR count). The quantitative estimate of drug-likeness (QED) is 0.794. The summed E-state index contributed by atoms with van der Waals surface area (Å²) in [6.07, 6.45) is 3.32. The van der Waals surface area contributed by atoms with Crippen molar-refractivity contribution in [3.8, 4) is 11.5 Å². The zero-order valence-electron chi connectivity index (χ0n) is 12.2. The molecular weight excluding hydrogens is 282 g/mol. The van der Waals surface area contributed by atoms with Crippen molar-refractivity contribution in [2.45, 2.75) is 31.2 Å². The molecule has 1 fully saturated rings. The molecule has 1 saturated heterocycles. The summed E-state index contributed by atoms with van der Waals surface area (Å²) in [7, 11) is 0. The van der Waals surface area contributed by atoms with Gasteiger partial charge in [-0.1, -0.05) is 0 Å². The molecule has 1 aromatic rings. The number of hydrogen-bond acceptors (Lipinski definition) is 5. The lowest BCUT2D eigenvalue weighted by molar-refractivity contribution is -0.118. The molecule has 3 aliphatic heterocycles. The Kier molecular flexibility index (Phi) is 2.30. The van der Waals surface area contributed by atoms with Gasteiger partial charge < -0.3 is 14.6 Å². The average molecular weight is 299 g/mol. The Morgan fingerprint density at radius 2 is 2.00 bits per heavy atom. The highest BCUT2D eigenvalue weighted by atomic mass is 16.7. The first-order valence-corrected chi connectivity index (χ1v) is 7.84. The fraction of sp³-hybridized carbons (Fsp3) is 0.471. The summed E-state index contributed by atoms with van der Waals surface area (Å²) in [5.41, 5.74) is 2.62. The van der Waals surface area contributed by atoms with Crippen LogP contribution in [-0.2, 0) is 11.2 Å². The summed E-state index contributed by atoms with van der Waals surface area (Å²) >= 11 is 0. The van der Waals surface area contributed by atoms with Crippen molar-refractivity contribution < 1.29 is 19.4 Å². The van der Waals surface area contributed by atoms with E-state index in [2.05, 4.69) is 4.90 Å². The van der Waals surface area contributed by atoms with Crippen LogP contribution in [0.5, 0.6) is 11.5 Å². The SMILES string of the molecule is O=C1C[C@@]23CCCN2CCc2cc4c(cc2C3=C1O)OCO4. The van der Waals surface area contributed by atoms with Gasteiger partial charge in [0.15, 0.2) is 23.0 Å². The number of hydrogen-bond donors (Lipinski definition) is 1. The minimum Gasteiger partial charge on any atom is -0.504 e. The lowest BCUT2D eigenvalue weighted by Gasteiger charge is -2.35. The van der Waals surface area contributed by atoms with Crippen LogP contribution in [0.3, 0.4) is 0 Å². The van der Waals surface area contributed by atoms with Gasteiger partial charge in [-0.2, -0.15) is 0 Å². The molecule has 1 N–H and O–H groups in total. The van der Waals surface area contributed by atoms with Gasteiger partial charge in [0.2, 0.25) is 6.79 Å². The minimum absolute atomic E-state index is 0.0473. The van der Waals surface area contributed by atoms with Gasteiger partial charge in [0.25, 0.3) is 0 Å². The van der Waals surface area contributed by atoms with Gasteiger partial charge in [-0.3, -0.25) is 9.69 Å². The zero-order chi connectivity index (χ0) is 14.9. The Morgan fingerprint density at radius 1 is 1.18 bits per heavy atom. The van der Waals surface area contributed by atoms with Crippen molar-refractivity contribution in [3.63, 3.8) is 0 Å². The molecule has 1 aromatic carbocycles. The Hall–Kier alpha value is -2.01. The highest BCUT2D eigenvalue weighted by Crippen LogP contribution is 2.53. The molecule has 1 atom stereocenters. The zero-order valence-corrected chi connectivity index (χ0v) is 12.2. The molecule has 1 spiro atoms. The summed E-state index contributed by atoms with van der Waals surface area (Å²) < 4.78 is 11.0. The number of ketones is 1. The van der Waals surface area contributed by atoms with Crippen molar-refractivity contribution in [2.75, 3.05) is 19.9 Å². The highest BCUT2D eigenvalue weighted by Gasteiger charge is 2.53.